The van der Waals surface area contributed by atoms with Crippen LogP contribution in [0.1, 0.15) is 23.6 Å². The first kappa shape index (κ1) is 26.2. The number of sulfonamides is 1. The Bertz CT molecular complexity index is 1240. The van der Waals surface area contributed by atoms with Crippen molar-refractivity contribution in [3.63, 3.8) is 0 Å². The molecule has 0 spiro atoms. The molecule has 1 heterocycles. The van der Waals surface area contributed by atoms with Crippen LogP contribution in [0.2, 0.25) is 10.0 Å². The molecular formula is C23H24Cl2N2O6S. The molecule has 1 fully saturated rings. The first-order chi connectivity index (χ1) is 16.0. The van der Waals surface area contributed by atoms with E-state index in [0.29, 0.717) is 23.6 Å². The van der Waals surface area contributed by atoms with Gasteiger partial charge in [0.25, 0.3) is 11.7 Å². The van der Waals surface area contributed by atoms with E-state index in [2.05, 4.69) is 0 Å². The Morgan fingerprint density at radius 1 is 1.09 bits per heavy atom. The molecule has 3 rings (SSSR count). The van der Waals surface area contributed by atoms with E-state index in [-0.39, 0.29) is 27.6 Å². The van der Waals surface area contributed by atoms with Crippen LogP contribution in [0.3, 0.4) is 0 Å². The van der Waals surface area contributed by atoms with Gasteiger partial charge >= 0.3 is 0 Å². The molecule has 0 aromatic heterocycles. The maximum absolute atomic E-state index is 13.0. The number of benzene rings is 2. The zero-order valence-electron chi connectivity index (χ0n) is 18.8. The van der Waals surface area contributed by atoms with Crippen LogP contribution in [-0.4, -0.2) is 68.8 Å². The van der Waals surface area contributed by atoms with Gasteiger partial charge in [-0.15, -0.1) is 0 Å². The molecule has 1 atom stereocenters. The van der Waals surface area contributed by atoms with E-state index in [4.69, 9.17) is 27.9 Å². The van der Waals surface area contributed by atoms with Gasteiger partial charge in [-0.05, 0) is 48.4 Å². The lowest BCUT2D eigenvalue weighted by molar-refractivity contribution is -0.140. The summed E-state index contributed by atoms with van der Waals surface area (Å²) in [5.74, 6) is -2.03. The van der Waals surface area contributed by atoms with Gasteiger partial charge in [0.2, 0.25) is 10.0 Å². The molecule has 1 saturated heterocycles. The molecule has 2 aromatic rings. The van der Waals surface area contributed by atoms with Crippen LogP contribution in [0.4, 0.5) is 0 Å². The van der Waals surface area contributed by atoms with Gasteiger partial charge in [-0.3, -0.25) is 9.59 Å². The fourth-order valence-corrected chi connectivity index (χ4v) is 4.88. The van der Waals surface area contributed by atoms with Gasteiger partial charge in [-0.1, -0.05) is 29.3 Å². The number of nitrogens with zero attached hydrogens (tertiary/aromatic N) is 2. The second kappa shape index (κ2) is 10.5. The molecule has 1 N–H and O–H groups in total. The highest BCUT2D eigenvalue weighted by Gasteiger charge is 2.46. The van der Waals surface area contributed by atoms with Crippen LogP contribution in [-0.2, 0) is 24.3 Å². The van der Waals surface area contributed by atoms with E-state index in [1.54, 1.807) is 18.2 Å². The van der Waals surface area contributed by atoms with Gasteiger partial charge in [0.05, 0.1) is 26.6 Å². The van der Waals surface area contributed by atoms with Crippen molar-refractivity contribution >= 4 is 50.7 Å². The number of halogens is 2. The highest BCUT2D eigenvalue weighted by molar-refractivity contribution is 7.89. The van der Waals surface area contributed by atoms with Gasteiger partial charge < -0.3 is 14.7 Å². The summed E-state index contributed by atoms with van der Waals surface area (Å²) in [5, 5.41) is 11.6. The number of amides is 1. The minimum absolute atomic E-state index is 0.0232. The Morgan fingerprint density at radius 2 is 1.74 bits per heavy atom. The van der Waals surface area contributed by atoms with E-state index in [9.17, 15) is 23.1 Å². The molecule has 11 heteroatoms. The van der Waals surface area contributed by atoms with E-state index in [1.807, 2.05) is 0 Å². The summed E-state index contributed by atoms with van der Waals surface area (Å²) in [6, 6.07) is 9.25. The highest BCUT2D eigenvalue weighted by atomic mass is 35.5. The summed E-state index contributed by atoms with van der Waals surface area (Å²) < 4.78 is 30.8. The van der Waals surface area contributed by atoms with Crippen LogP contribution in [0.15, 0.2) is 52.9 Å². The van der Waals surface area contributed by atoms with Gasteiger partial charge in [0.1, 0.15) is 5.76 Å². The molecule has 1 amide bonds. The van der Waals surface area contributed by atoms with Crippen molar-refractivity contribution < 1.29 is 27.9 Å². The van der Waals surface area contributed by atoms with Gasteiger partial charge in [0.15, 0.2) is 0 Å². The minimum Gasteiger partial charge on any atom is -0.507 e. The summed E-state index contributed by atoms with van der Waals surface area (Å²) in [6.45, 7) is 0.582. The molecular weight excluding hydrogens is 503 g/mol. The highest BCUT2D eigenvalue weighted by Crippen LogP contribution is 2.41. The number of aliphatic hydroxyl groups excluding tert-OH is 1. The van der Waals surface area contributed by atoms with Crippen molar-refractivity contribution in [3.8, 4) is 0 Å². The lowest BCUT2D eigenvalue weighted by atomic mass is 9.95. The van der Waals surface area contributed by atoms with E-state index >= 15 is 0 Å². The minimum atomic E-state index is -3.67. The van der Waals surface area contributed by atoms with Crippen LogP contribution >= 0.6 is 23.2 Å². The number of ether oxygens (including phenoxy) is 1. The third-order valence-electron chi connectivity index (χ3n) is 5.45. The molecule has 1 aliphatic rings. The number of aliphatic hydroxyl groups is 1. The second-order valence-electron chi connectivity index (χ2n) is 7.82. The Kier molecular flexibility index (Phi) is 8.05. The molecule has 1 aliphatic heterocycles. The standard InChI is InChI=1S/C23H24Cl2N2O6S/c1-26(2)34(31,32)16-8-5-14(6-9-16)21(28)19-20(15-7-10-17(24)18(25)13-15)27(11-4-12-33-3)23(30)22(19)29/h5-10,13,20,28H,4,11-12H2,1-3H3/t20-/m1/s1. The fraction of sp³-hybridized carbons (Fsp3) is 0.304. The first-order valence-electron chi connectivity index (χ1n) is 10.3. The molecule has 0 saturated carbocycles. The smallest absolute Gasteiger partial charge is 0.295 e. The molecule has 0 radical (unpaired) electrons. The quantitative estimate of drug-likeness (QED) is 0.243. The van der Waals surface area contributed by atoms with E-state index < -0.39 is 33.5 Å². The maximum Gasteiger partial charge on any atom is 0.295 e. The van der Waals surface area contributed by atoms with E-state index in [0.717, 1.165) is 4.31 Å². The van der Waals surface area contributed by atoms with Gasteiger partial charge in [-0.25, -0.2) is 12.7 Å². The lowest BCUT2D eigenvalue weighted by Crippen LogP contribution is -2.31. The Balaban J connectivity index is 2.12. The molecule has 0 bridgehead atoms. The van der Waals surface area contributed by atoms with Crippen molar-refractivity contribution in [2.75, 3.05) is 34.4 Å². The first-order valence-corrected chi connectivity index (χ1v) is 12.5. The number of likely N-dealkylation sites (tertiary alicyclic amines) is 1. The molecule has 0 aliphatic carbocycles. The largest absolute Gasteiger partial charge is 0.507 e. The van der Waals surface area contributed by atoms with Gasteiger partial charge in [-0.2, -0.15) is 0 Å². The third kappa shape index (κ3) is 4.99. The zero-order valence-corrected chi connectivity index (χ0v) is 21.1. The average Bonchev–Trinajstić information content (AvgIpc) is 3.05. The molecule has 8 nitrogen and oxygen atoms in total. The van der Waals surface area contributed by atoms with Crippen molar-refractivity contribution in [1.82, 2.24) is 9.21 Å². The number of carbonyl (C=O) groups is 2. The van der Waals surface area contributed by atoms with Crippen LogP contribution < -0.4 is 0 Å². The summed E-state index contributed by atoms with van der Waals surface area (Å²) in [5.41, 5.74) is 0.570. The Labute approximate surface area is 208 Å². The van der Waals surface area contributed by atoms with Gasteiger partial charge in [0, 0.05) is 39.9 Å². The number of ketones is 1. The molecule has 34 heavy (non-hydrogen) atoms. The number of rotatable bonds is 8. The number of Topliss-reactive ketones (excluding diaryl/α,β-unsaturated/α-hetero) is 1. The Hall–Kier alpha value is -2.43. The fourth-order valence-electron chi connectivity index (χ4n) is 3.67. The predicted molar refractivity (Wildman–Crippen MR) is 129 cm³/mol. The van der Waals surface area contributed by atoms with Crippen molar-refractivity contribution in [1.29, 1.82) is 0 Å². The molecule has 2 aromatic carbocycles. The topological polar surface area (TPSA) is 104 Å². The molecule has 182 valence electrons. The van der Waals surface area contributed by atoms with Crippen molar-refractivity contribution in [3.05, 3.63) is 69.2 Å². The van der Waals surface area contributed by atoms with Crippen LogP contribution in [0.5, 0.6) is 0 Å². The monoisotopic (exact) mass is 526 g/mol. The molecule has 0 unspecified atom stereocenters. The number of methoxy groups -OCH3 is 1. The maximum atomic E-state index is 13.0. The number of hydrogen-bond acceptors (Lipinski definition) is 6. The summed E-state index contributed by atoms with van der Waals surface area (Å²) >= 11 is 12.2. The Morgan fingerprint density at radius 3 is 2.29 bits per heavy atom. The third-order valence-corrected chi connectivity index (χ3v) is 8.02. The average molecular weight is 527 g/mol. The second-order valence-corrected chi connectivity index (χ2v) is 10.8. The number of hydrogen-bond donors (Lipinski definition) is 1. The van der Waals surface area contributed by atoms with Crippen LogP contribution in [0, 0.1) is 0 Å². The van der Waals surface area contributed by atoms with Crippen molar-refractivity contribution in [2.24, 2.45) is 0 Å². The lowest BCUT2D eigenvalue weighted by Gasteiger charge is -2.25. The van der Waals surface area contributed by atoms with Crippen LogP contribution in [0.25, 0.3) is 5.76 Å². The summed E-state index contributed by atoms with van der Waals surface area (Å²) in [4.78, 5) is 27.3. The number of carbonyl (C=O) groups excluding carboxylic acids is 2. The summed E-state index contributed by atoms with van der Waals surface area (Å²) in [6.07, 6.45) is 0.471. The summed E-state index contributed by atoms with van der Waals surface area (Å²) in [7, 11) is 0.674. The normalized spacial score (nSPS) is 18.2. The van der Waals surface area contributed by atoms with Crippen molar-refractivity contribution in [2.45, 2.75) is 17.4 Å². The van der Waals surface area contributed by atoms with E-state index in [1.165, 1.54) is 50.4 Å². The zero-order chi connectivity index (χ0) is 25.2. The predicted octanol–water partition coefficient (Wildman–Crippen LogP) is 3.70. The SMILES string of the molecule is COCCCN1C(=O)C(=O)C(=C(O)c2ccc(S(=O)(=O)N(C)C)cc2)[C@H]1c1ccc(Cl)c(Cl)c1.